The van der Waals surface area contributed by atoms with Gasteiger partial charge in [-0.3, -0.25) is 9.80 Å². The molecule has 0 bridgehead atoms. The normalized spacial score (nSPS) is 9.74. The number of amides is 1. The fourth-order valence-corrected chi connectivity index (χ4v) is 2.50. The highest BCUT2D eigenvalue weighted by atomic mass is 16.5. The van der Waals surface area contributed by atoms with Crippen LogP contribution in [0.1, 0.15) is 23.6 Å². The number of hydrogen-bond acceptors (Lipinski definition) is 6. The first-order valence-corrected chi connectivity index (χ1v) is 8.63. The molecule has 2 rings (SSSR count). The van der Waals surface area contributed by atoms with Crippen molar-refractivity contribution >= 4 is 12.1 Å². The van der Waals surface area contributed by atoms with Gasteiger partial charge < -0.3 is 14.5 Å². The molecule has 0 aliphatic heterocycles. The van der Waals surface area contributed by atoms with Crippen LogP contribution in [0.25, 0.3) is 0 Å². The molecule has 0 saturated carbocycles. The van der Waals surface area contributed by atoms with E-state index in [-0.39, 0.29) is 0 Å². The highest BCUT2D eigenvalue weighted by Gasteiger charge is 2.13. The second-order valence-corrected chi connectivity index (χ2v) is 6.09. The van der Waals surface area contributed by atoms with E-state index in [4.69, 9.17) is 21.2 Å². The second kappa shape index (κ2) is 11.1. The van der Waals surface area contributed by atoms with Gasteiger partial charge in [0.25, 0.3) is 0 Å². The molecule has 0 radical (unpaired) electrons. The first kappa shape index (κ1) is 22.3. The third kappa shape index (κ3) is 6.80. The van der Waals surface area contributed by atoms with E-state index in [2.05, 4.69) is 26.0 Å². The lowest BCUT2D eigenvalue weighted by Gasteiger charge is -2.20. The molecule has 0 heterocycles. The Bertz CT molecular complexity index is 733. The zero-order chi connectivity index (χ0) is 20.4. The number of anilines is 1. The molecule has 0 aromatic heterocycles. The Labute approximate surface area is 161 Å². The molecule has 2 aromatic rings. The summed E-state index contributed by atoms with van der Waals surface area (Å²) in [4.78, 5) is 9.31. The number of rotatable bonds is 7. The molecule has 7 heteroatoms. The maximum atomic E-state index is 9.31. The van der Waals surface area contributed by atoms with E-state index in [1.165, 1.54) is 18.2 Å². The maximum absolute atomic E-state index is 9.31. The summed E-state index contributed by atoms with van der Waals surface area (Å²) in [5.74, 6) is 12.3. The van der Waals surface area contributed by atoms with E-state index in [1.807, 2.05) is 31.3 Å². The zero-order valence-electron chi connectivity index (χ0n) is 16.7. The van der Waals surface area contributed by atoms with Crippen LogP contribution in [0.15, 0.2) is 36.4 Å². The van der Waals surface area contributed by atoms with E-state index < -0.39 is 0 Å². The number of benzene rings is 2. The fraction of sp³-hybridized carbons (Fsp3) is 0.350. The Balaban J connectivity index is 0.000000646. The average molecular weight is 374 g/mol. The summed E-state index contributed by atoms with van der Waals surface area (Å²) in [7, 11) is 4.93. The minimum atomic E-state index is 0.414. The summed E-state index contributed by atoms with van der Waals surface area (Å²) in [5.41, 5.74) is 4.28. The predicted molar refractivity (Wildman–Crippen MR) is 108 cm³/mol. The van der Waals surface area contributed by atoms with E-state index in [1.54, 1.807) is 12.1 Å². The van der Waals surface area contributed by atoms with Gasteiger partial charge in [-0.1, -0.05) is 30.7 Å². The summed E-state index contributed by atoms with van der Waals surface area (Å²) in [6.07, 6.45) is 1.46. The molecule has 0 unspecified atom stereocenters. The van der Waals surface area contributed by atoms with Crippen molar-refractivity contribution in [1.29, 1.82) is 0 Å². The van der Waals surface area contributed by atoms with Crippen molar-refractivity contribution in [2.75, 3.05) is 26.2 Å². The summed E-state index contributed by atoms with van der Waals surface area (Å²) in [6.45, 7) is 4.63. The number of carbonyl (C=O) groups is 1. The molecule has 0 fully saturated rings. The molecule has 0 atom stereocenters. The fourth-order valence-electron chi connectivity index (χ4n) is 2.50. The van der Waals surface area contributed by atoms with Crippen LogP contribution in [0, 0.1) is 6.92 Å². The predicted octanol–water partition coefficient (Wildman–Crippen LogP) is 2.40. The number of aryl methyl sites for hydroxylation is 2. The van der Waals surface area contributed by atoms with E-state index in [0.717, 1.165) is 34.2 Å². The SMILES string of the molecule is CCc1cc(C)ccc1OCc1c(OC)cccc1N(C)N.CN(N)C=O. The molecule has 0 aliphatic rings. The smallest absolute Gasteiger partial charge is 0.223 e. The van der Waals surface area contributed by atoms with Crippen LogP contribution in [-0.2, 0) is 17.8 Å². The van der Waals surface area contributed by atoms with Crippen molar-refractivity contribution in [3.05, 3.63) is 53.1 Å². The molecular formula is C20H30N4O3. The number of nitrogens with zero attached hydrogens (tertiary/aromatic N) is 2. The third-order valence-electron chi connectivity index (χ3n) is 3.84. The molecule has 0 aliphatic carbocycles. The standard InChI is InChI=1S/C18H24N2O2.C2H6N2O/c1-5-14-11-13(2)9-10-17(14)22-12-15-16(20(3)19)7-6-8-18(15)21-4;1-4(3)2-5/h6-11H,5,12,19H2,1-4H3;2H,3H2,1H3. The number of hydrazine groups is 2. The molecule has 2 aromatic carbocycles. The van der Waals surface area contributed by atoms with Crippen LogP contribution in [-0.4, -0.2) is 32.6 Å². The van der Waals surface area contributed by atoms with Gasteiger partial charge in [0.1, 0.15) is 18.1 Å². The third-order valence-corrected chi connectivity index (χ3v) is 3.84. The number of ether oxygens (including phenoxy) is 2. The summed E-state index contributed by atoms with van der Waals surface area (Å²) in [6, 6.07) is 12.0. The topological polar surface area (TPSA) is 94.1 Å². The minimum Gasteiger partial charge on any atom is -0.496 e. The monoisotopic (exact) mass is 374 g/mol. The van der Waals surface area contributed by atoms with Gasteiger partial charge in [-0.2, -0.15) is 0 Å². The van der Waals surface area contributed by atoms with Gasteiger partial charge in [-0.25, -0.2) is 11.7 Å². The van der Waals surface area contributed by atoms with Crippen LogP contribution in [0.5, 0.6) is 11.5 Å². The van der Waals surface area contributed by atoms with Gasteiger partial charge in [0, 0.05) is 14.1 Å². The van der Waals surface area contributed by atoms with Crippen molar-refractivity contribution in [3.8, 4) is 11.5 Å². The van der Waals surface area contributed by atoms with Crippen LogP contribution in [0.4, 0.5) is 5.69 Å². The number of methoxy groups -OCH3 is 1. The van der Waals surface area contributed by atoms with E-state index >= 15 is 0 Å². The quantitative estimate of drug-likeness (QED) is 0.334. The molecule has 7 nitrogen and oxygen atoms in total. The van der Waals surface area contributed by atoms with Crippen molar-refractivity contribution in [2.24, 2.45) is 11.7 Å². The molecule has 0 saturated heterocycles. The molecule has 148 valence electrons. The van der Waals surface area contributed by atoms with Crippen molar-refractivity contribution in [1.82, 2.24) is 5.01 Å². The number of hydrogen-bond donors (Lipinski definition) is 2. The zero-order valence-corrected chi connectivity index (χ0v) is 16.7. The Morgan fingerprint density at radius 3 is 2.30 bits per heavy atom. The highest BCUT2D eigenvalue weighted by molar-refractivity contribution is 5.58. The van der Waals surface area contributed by atoms with Crippen LogP contribution in [0.3, 0.4) is 0 Å². The van der Waals surface area contributed by atoms with E-state index in [9.17, 15) is 4.79 Å². The average Bonchev–Trinajstić information content (AvgIpc) is 2.66. The second-order valence-electron chi connectivity index (χ2n) is 6.09. The lowest BCUT2D eigenvalue weighted by atomic mass is 10.1. The lowest BCUT2D eigenvalue weighted by molar-refractivity contribution is -0.117. The van der Waals surface area contributed by atoms with Crippen LogP contribution < -0.4 is 26.2 Å². The van der Waals surface area contributed by atoms with Gasteiger partial charge in [0.05, 0.1) is 18.4 Å². The number of carbonyl (C=O) groups excluding carboxylic acids is 1. The Morgan fingerprint density at radius 2 is 1.78 bits per heavy atom. The molecule has 4 N–H and O–H groups in total. The Kier molecular flexibility index (Phi) is 9.12. The van der Waals surface area contributed by atoms with Crippen LogP contribution in [0.2, 0.25) is 0 Å². The highest BCUT2D eigenvalue weighted by Crippen LogP contribution is 2.30. The first-order valence-electron chi connectivity index (χ1n) is 8.63. The van der Waals surface area contributed by atoms with Gasteiger partial charge in [0.2, 0.25) is 6.41 Å². The maximum Gasteiger partial charge on any atom is 0.223 e. The summed E-state index contributed by atoms with van der Waals surface area (Å²) < 4.78 is 11.5. The van der Waals surface area contributed by atoms with Crippen molar-refractivity contribution < 1.29 is 14.3 Å². The first-order chi connectivity index (χ1) is 12.8. The number of nitrogens with two attached hydrogens (primary N) is 2. The van der Waals surface area contributed by atoms with Gasteiger partial charge >= 0.3 is 0 Å². The molecule has 1 amide bonds. The molecule has 27 heavy (non-hydrogen) atoms. The summed E-state index contributed by atoms with van der Waals surface area (Å²) >= 11 is 0. The molecular weight excluding hydrogens is 344 g/mol. The summed E-state index contributed by atoms with van der Waals surface area (Å²) in [5, 5.41) is 2.52. The van der Waals surface area contributed by atoms with Crippen molar-refractivity contribution in [2.45, 2.75) is 26.9 Å². The van der Waals surface area contributed by atoms with Crippen molar-refractivity contribution in [3.63, 3.8) is 0 Å². The van der Waals surface area contributed by atoms with Gasteiger partial charge in [0.15, 0.2) is 0 Å². The van der Waals surface area contributed by atoms with Gasteiger partial charge in [-0.05, 0) is 37.1 Å². The van der Waals surface area contributed by atoms with E-state index in [0.29, 0.717) is 13.0 Å². The Hall–Kier alpha value is -2.77. The van der Waals surface area contributed by atoms with Gasteiger partial charge in [-0.15, -0.1) is 0 Å². The minimum absolute atomic E-state index is 0.414. The van der Waals surface area contributed by atoms with Crippen LogP contribution >= 0.6 is 0 Å². The molecule has 0 spiro atoms. The largest absolute Gasteiger partial charge is 0.496 e. The Morgan fingerprint density at radius 1 is 1.11 bits per heavy atom. The lowest BCUT2D eigenvalue weighted by Crippen LogP contribution is -2.26.